The van der Waals surface area contributed by atoms with Crippen LogP contribution in [0.3, 0.4) is 0 Å². The van der Waals surface area contributed by atoms with Crippen LogP contribution < -0.4 is 0 Å². The van der Waals surface area contributed by atoms with Gasteiger partial charge >= 0.3 is 0 Å². The molecule has 1 aliphatic rings. The quantitative estimate of drug-likeness (QED) is 0.754. The van der Waals surface area contributed by atoms with Crippen LogP contribution in [0.4, 0.5) is 0 Å². The molecule has 2 atom stereocenters. The Morgan fingerprint density at radius 3 is 2.93 bits per heavy atom. The summed E-state index contributed by atoms with van der Waals surface area (Å²) in [6, 6.07) is 0. The number of hydrogen-bond donors (Lipinski definition) is 1. The van der Waals surface area contributed by atoms with Gasteiger partial charge in [-0.15, -0.1) is 0 Å². The summed E-state index contributed by atoms with van der Waals surface area (Å²) >= 11 is 0. The molecule has 84 valence electrons. The lowest BCUT2D eigenvalue weighted by atomic mass is 9.93. The summed E-state index contributed by atoms with van der Waals surface area (Å²) in [5.74, 6) is 1.51. The third kappa shape index (κ3) is 2.59. The van der Waals surface area contributed by atoms with E-state index in [-0.39, 0.29) is 6.10 Å². The molecule has 1 saturated carbocycles. The maximum Gasteiger partial charge on any atom is 0.108 e. The average molecular weight is 208 g/mol. The first-order valence-corrected chi connectivity index (χ1v) is 5.91. The SMILES string of the molecule is Cn1ccnc1CC1CCCCCC1O. The van der Waals surface area contributed by atoms with Crippen molar-refractivity contribution < 1.29 is 5.11 Å². The van der Waals surface area contributed by atoms with Crippen LogP contribution in [0.1, 0.15) is 37.9 Å². The van der Waals surface area contributed by atoms with Gasteiger partial charge < -0.3 is 9.67 Å². The van der Waals surface area contributed by atoms with Gasteiger partial charge in [0, 0.05) is 25.9 Å². The minimum absolute atomic E-state index is 0.121. The van der Waals surface area contributed by atoms with Gasteiger partial charge in [-0.3, -0.25) is 0 Å². The normalized spacial score (nSPS) is 27.6. The highest BCUT2D eigenvalue weighted by Gasteiger charge is 2.22. The molecular formula is C12H20N2O. The lowest BCUT2D eigenvalue weighted by molar-refractivity contribution is 0.0992. The molecule has 0 amide bonds. The standard InChI is InChI=1S/C12H20N2O/c1-14-8-7-13-12(14)9-10-5-3-2-4-6-11(10)15/h7-8,10-11,15H,2-6,9H2,1H3. The van der Waals surface area contributed by atoms with Gasteiger partial charge in [-0.2, -0.15) is 0 Å². The van der Waals surface area contributed by atoms with E-state index >= 15 is 0 Å². The van der Waals surface area contributed by atoms with Crippen molar-refractivity contribution in [3.05, 3.63) is 18.2 Å². The van der Waals surface area contributed by atoms with Crippen LogP contribution in [0.5, 0.6) is 0 Å². The summed E-state index contributed by atoms with van der Waals surface area (Å²) in [6.07, 6.45) is 10.4. The van der Waals surface area contributed by atoms with Crippen molar-refractivity contribution in [2.45, 2.75) is 44.6 Å². The predicted octanol–water partition coefficient (Wildman–Crippen LogP) is 1.90. The summed E-state index contributed by atoms with van der Waals surface area (Å²) in [5.41, 5.74) is 0. The van der Waals surface area contributed by atoms with E-state index in [1.165, 1.54) is 19.3 Å². The zero-order chi connectivity index (χ0) is 10.7. The molecule has 0 saturated heterocycles. The first kappa shape index (κ1) is 10.7. The van der Waals surface area contributed by atoms with E-state index in [4.69, 9.17) is 0 Å². The number of rotatable bonds is 2. The summed E-state index contributed by atoms with van der Waals surface area (Å²) in [6.45, 7) is 0. The molecule has 0 radical (unpaired) electrons. The summed E-state index contributed by atoms with van der Waals surface area (Å²) in [5, 5.41) is 10.0. The Bertz CT molecular complexity index is 308. The Labute approximate surface area is 91.1 Å². The van der Waals surface area contributed by atoms with Crippen molar-refractivity contribution >= 4 is 0 Å². The van der Waals surface area contributed by atoms with Crippen LogP contribution >= 0.6 is 0 Å². The number of aryl methyl sites for hydroxylation is 1. The molecule has 0 aliphatic heterocycles. The van der Waals surface area contributed by atoms with E-state index in [1.54, 1.807) is 0 Å². The molecule has 1 aliphatic carbocycles. The van der Waals surface area contributed by atoms with Gasteiger partial charge in [-0.1, -0.05) is 19.3 Å². The number of imidazole rings is 1. The predicted molar refractivity (Wildman–Crippen MR) is 59.5 cm³/mol. The fourth-order valence-electron chi connectivity index (χ4n) is 2.43. The van der Waals surface area contributed by atoms with Crippen LogP contribution in [-0.2, 0) is 13.5 Å². The Morgan fingerprint density at radius 2 is 2.20 bits per heavy atom. The van der Waals surface area contributed by atoms with Gasteiger partial charge in [0.2, 0.25) is 0 Å². The van der Waals surface area contributed by atoms with Crippen LogP contribution in [-0.4, -0.2) is 20.8 Å². The van der Waals surface area contributed by atoms with Crippen molar-refractivity contribution in [2.24, 2.45) is 13.0 Å². The topological polar surface area (TPSA) is 38.0 Å². The molecule has 1 N–H and O–H groups in total. The number of nitrogens with zero attached hydrogens (tertiary/aromatic N) is 2. The Kier molecular flexibility index (Phi) is 3.41. The van der Waals surface area contributed by atoms with Crippen LogP contribution in [0.2, 0.25) is 0 Å². The van der Waals surface area contributed by atoms with E-state index in [0.29, 0.717) is 5.92 Å². The lowest BCUT2D eigenvalue weighted by Gasteiger charge is -2.19. The molecule has 1 aromatic rings. The van der Waals surface area contributed by atoms with E-state index in [2.05, 4.69) is 9.55 Å². The first-order valence-electron chi connectivity index (χ1n) is 5.91. The zero-order valence-corrected chi connectivity index (χ0v) is 9.39. The summed E-state index contributed by atoms with van der Waals surface area (Å²) < 4.78 is 2.05. The van der Waals surface area contributed by atoms with Crippen LogP contribution in [0.15, 0.2) is 12.4 Å². The Hall–Kier alpha value is -0.830. The largest absolute Gasteiger partial charge is 0.393 e. The fraction of sp³-hybridized carbons (Fsp3) is 0.750. The van der Waals surface area contributed by atoms with E-state index in [9.17, 15) is 5.11 Å². The highest BCUT2D eigenvalue weighted by molar-refractivity contribution is 4.94. The minimum Gasteiger partial charge on any atom is -0.393 e. The molecular weight excluding hydrogens is 188 g/mol. The molecule has 1 heterocycles. The van der Waals surface area contributed by atoms with E-state index < -0.39 is 0 Å². The van der Waals surface area contributed by atoms with Crippen molar-refractivity contribution in [2.75, 3.05) is 0 Å². The van der Waals surface area contributed by atoms with Gasteiger partial charge in [0.15, 0.2) is 0 Å². The van der Waals surface area contributed by atoms with E-state index in [1.807, 2.05) is 19.4 Å². The molecule has 1 fully saturated rings. The minimum atomic E-state index is -0.121. The van der Waals surface area contributed by atoms with Gasteiger partial charge in [-0.25, -0.2) is 4.98 Å². The van der Waals surface area contributed by atoms with Gasteiger partial charge in [0.1, 0.15) is 5.82 Å². The highest BCUT2D eigenvalue weighted by Crippen LogP contribution is 2.25. The molecule has 15 heavy (non-hydrogen) atoms. The molecule has 2 unspecified atom stereocenters. The number of aromatic nitrogens is 2. The number of hydrogen-bond acceptors (Lipinski definition) is 2. The first-order chi connectivity index (χ1) is 7.27. The fourth-order valence-corrected chi connectivity index (χ4v) is 2.43. The highest BCUT2D eigenvalue weighted by atomic mass is 16.3. The lowest BCUT2D eigenvalue weighted by Crippen LogP contribution is -2.22. The van der Waals surface area contributed by atoms with Crippen molar-refractivity contribution in [1.82, 2.24) is 9.55 Å². The third-order valence-corrected chi connectivity index (χ3v) is 3.48. The van der Waals surface area contributed by atoms with Crippen molar-refractivity contribution in [3.8, 4) is 0 Å². The Balaban J connectivity index is 2.00. The average Bonchev–Trinajstić information content (AvgIpc) is 2.50. The van der Waals surface area contributed by atoms with Gasteiger partial charge in [-0.05, 0) is 18.8 Å². The Morgan fingerprint density at radius 1 is 1.40 bits per heavy atom. The molecule has 3 heteroatoms. The molecule has 0 aromatic carbocycles. The summed E-state index contributed by atoms with van der Waals surface area (Å²) in [4.78, 5) is 4.33. The summed E-state index contributed by atoms with van der Waals surface area (Å²) in [7, 11) is 2.02. The van der Waals surface area contributed by atoms with Crippen molar-refractivity contribution in [1.29, 1.82) is 0 Å². The van der Waals surface area contributed by atoms with Gasteiger partial charge in [0.25, 0.3) is 0 Å². The van der Waals surface area contributed by atoms with Gasteiger partial charge in [0.05, 0.1) is 6.10 Å². The molecule has 2 rings (SSSR count). The molecule has 3 nitrogen and oxygen atoms in total. The second-order valence-electron chi connectivity index (χ2n) is 4.62. The zero-order valence-electron chi connectivity index (χ0n) is 9.39. The van der Waals surface area contributed by atoms with Crippen molar-refractivity contribution in [3.63, 3.8) is 0 Å². The second-order valence-corrected chi connectivity index (χ2v) is 4.62. The number of aliphatic hydroxyl groups excluding tert-OH is 1. The number of aliphatic hydroxyl groups is 1. The molecule has 0 bridgehead atoms. The van der Waals surface area contributed by atoms with Crippen LogP contribution in [0, 0.1) is 5.92 Å². The van der Waals surface area contributed by atoms with E-state index in [0.717, 1.165) is 25.1 Å². The maximum absolute atomic E-state index is 10.0. The maximum atomic E-state index is 10.0. The monoisotopic (exact) mass is 208 g/mol. The smallest absolute Gasteiger partial charge is 0.108 e. The third-order valence-electron chi connectivity index (χ3n) is 3.48. The van der Waals surface area contributed by atoms with Crippen LogP contribution in [0.25, 0.3) is 0 Å². The molecule has 0 spiro atoms. The molecule has 1 aromatic heterocycles. The second kappa shape index (κ2) is 4.79.